The van der Waals surface area contributed by atoms with Gasteiger partial charge in [-0.25, -0.2) is 0 Å². The van der Waals surface area contributed by atoms with Gasteiger partial charge in [0, 0.05) is 26.0 Å². The minimum Gasteiger partial charge on any atom is -0.423 e. The summed E-state index contributed by atoms with van der Waals surface area (Å²) in [4.78, 5) is 0. The maximum atomic E-state index is 6.24. The minimum absolute atomic E-state index is 0.0699. The molecule has 0 unspecified atom stereocenters. The SMILES string of the molecule is Cn1cc(B2CCOC(C)(C)C(C)(C)O2)cn1. The highest BCUT2D eigenvalue weighted by Gasteiger charge is 2.44. The lowest BCUT2D eigenvalue weighted by Gasteiger charge is -2.40. The Labute approximate surface area is 103 Å². The van der Waals surface area contributed by atoms with E-state index in [0.717, 1.165) is 18.4 Å². The number of nitrogens with zero attached hydrogens (tertiary/aromatic N) is 2. The van der Waals surface area contributed by atoms with Gasteiger partial charge in [-0.1, -0.05) is 0 Å². The molecule has 2 heterocycles. The van der Waals surface area contributed by atoms with Crippen LogP contribution in [0, 0.1) is 0 Å². The summed E-state index contributed by atoms with van der Waals surface area (Å²) in [6.45, 7) is 9.12. The van der Waals surface area contributed by atoms with E-state index in [1.54, 1.807) is 0 Å². The number of ether oxygens (including phenoxy) is 1. The van der Waals surface area contributed by atoms with Gasteiger partial charge in [0.1, 0.15) is 0 Å². The zero-order valence-electron chi connectivity index (χ0n) is 11.4. The van der Waals surface area contributed by atoms with Crippen molar-refractivity contribution in [2.45, 2.75) is 45.2 Å². The number of aromatic nitrogens is 2. The zero-order valence-corrected chi connectivity index (χ0v) is 11.4. The quantitative estimate of drug-likeness (QED) is 0.688. The van der Waals surface area contributed by atoms with Crippen molar-refractivity contribution in [3.8, 4) is 0 Å². The smallest absolute Gasteiger partial charge is 0.332 e. The van der Waals surface area contributed by atoms with E-state index < -0.39 is 0 Å². The molecule has 2 rings (SSSR count). The van der Waals surface area contributed by atoms with Crippen molar-refractivity contribution in [1.82, 2.24) is 9.78 Å². The standard InChI is InChI=1S/C12H21BN2O2/c1-11(2)12(3,4)17-13(6-7-16-11)10-8-14-15(5)9-10/h8-9H,6-7H2,1-5H3. The van der Waals surface area contributed by atoms with E-state index in [1.807, 2.05) is 24.1 Å². The molecular formula is C12H21BN2O2. The average Bonchev–Trinajstić information content (AvgIpc) is 2.58. The van der Waals surface area contributed by atoms with Gasteiger partial charge in [0.15, 0.2) is 0 Å². The van der Waals surface area contributed by atoms with E-state index in [0.29, 0.717) is 0 Å². The third-order valence-electron chi connectivity index (χ3n) is 3.83. The topological polar surface area (TPSA) is 36.3 Å². The maximum absolute atomic E-state index is 6.24. The van der Waals surface area contributed by atoms with E-state index in [4.69, 9.17) is 9.39 Å². The fourth-order valence-corrected chi connectivity index (χ4v) is 1.99. The predicted octanol–water partition coefficient (Wildman–Crippen LogP) is 1.22. The molecule has 1 aliphatic rings. The van der Waals surface area contributed by atoms with E-state index in [1.165, 1.54) is 0 Å². The van der Waals surface area contributed by atoms with Crippen LogP contribution in [0.3, 0.4) is 0 Å². The van der Waals surface area contributed by atoms with Gasteiger partial charge in [0.2, 0.25) is 0 Å². The van der Waals surface area contributed by atoms with Crippen LogP contribution in [0.1, 0.15) is 27.7 Å². The van der Waals surface area contributed by atoms with Crippen LogP contribution in [0.5, 0.6) is 0 Å². The maximum Gasteiger partial charge on any atom is 0.332 e. The predicted molar refractivity (Wildman–Crippen MR) is 68.6 cm³/mol. The van der Waals surface area contributed by atoms with E-state index in [-0.39, 0.29) is 18.1 Å². The normalized spacial score (nSPS) is 23.5. The first-order chi connectivity index (χ1) is 7.82. The molecule has 0 amide bonds. The van der Waals surface area contributed by atoms with Crippen molar-refractivity contribution in [2.24, 2.45) is 7.05 Å². The molecule has 94 valence electrons. The molecule has 5 heteroatoms. The Bertz CT molecular complexity index is 401. The van der Waals surface area contributed by atoms with Gasteiger partial charge in [-0.15, -0.1) is 0 Å². The van der Waals surface area contributed by atoms with Crippen LogP contribution in [0.2, 0.25) is 6.32 Å². The largest absolute Gasteiger partial charge is 0.423 e. The van der Waals surface area contributed by atoms with Crippen molar-refractivity contribution in [1.29, 1.82) is 0 Å². The summed E-state index contributed by atoms with van der Waals surface area (Å²) in [6, 6.07) is 0. The molecule has 4 nitrogen and oxygen atoms in total. The molecule has 0 bridgehead atoms. The molecule has 1 aromatic heterocycles. The van der Waals surface area contributed by atoms with Crippen molar-refractivity contribution in [2.75, 3.05) is 6.61 Å². The van der Waals surface area contributed by atoms with E-state index in [2.05, 4.69) is 32.8 Å². The number of hydrogen-bond acceptors (Lipinski definition) is 3. The van der Waals surface area contributed by atoms with Crippen molar-refractivity contribution < 1.29 is 9.39 Å². The second-order valence-corrected chi connectivity index (χ2v) is 5.71. The first-order valence-electron chi connectivity index (χ1n) is 6.12. The Morgan fingerprint density at radius 2 is 2.00 bits per heavy atom. The van der Waals surface area contributed by atoms with Crippen LogP contribution in [0.25, 0.3) is 0 Å². The molecule has 0 N–H and O–H groups in total. The Morgan fingerprint density at radius 3 is 2.59 bits per heavy atom. The Hall–Kier alpha value is -0.805. The van der Waals surface area contributed by atoms with Gasteiger partial charge >= 0.3 is 6.92 Å². The van der Waals surface area contributed by atoms with Gasteiger partial charge in [-0.2, -0.15) is 5.10 Å². The molecule has 0 aliphatic carbocycles. The second kappa shape index (κ2) is 4.14. The fourth-order valence-electron chi connectivity index (χ4n) is 1.99. The number of aryl methyl sites for hydroxylation is 1. The zero-order chi connectivity index (χ0) is 12.7. The summed E-state index contributed by atoms with van der Waals surface area (Å²) in [5.74, 6) is 0. The molecule has 0 aromatic carbocycles. The van der Waals surface area contributed by atoms with Crippen molar-refractivity contribution in [3.05, 3.63) is 12.4 Å². The molecule has 0 atom stereocenters. The summed E-state index contributed by atoms with van der Waals surface area (Å²) >= 11 is 0. The lowest BCUT2D eigenvalue weighted by Crippen LogP contribution is -2.51. The summed E-state index contributed by atoms with van der Waals surface area (Å²) in [7, 11) is 1.92. The highest BCUT2D eigenvalue weighted by atomic mass is 16.5. The highest BCUT2D eigenvalue weighted by Crippen LogP contribution is 2.32. The van der Waals surface area contributed by atoms with Gasteiger partial charge in [-0.05, 0) is 39.5 Å². The summed E-state index contributed by atoms with van der Waals surface area (Å²) in [5, 5.41) is 4.20. The third kappa shape index (κ3) is 2.40. The van der Waals surface area contributed by atoms with Crippen LogP contribution in [0.15, 0.2) is 12.4 Å². The van der Waals surface area contributed by atoms with Crippen LogP contribution in [-0.2, 0) is 16.4 Å². The van der Waals surface area contributed by atoms with Crippen LogP contribution in [0.4, 0.5) is 0 Å². The van der Waals surface area contributed by atoms with E-state index in [9.17, 15) is 0 Å². The molecule has 0 radical (unpaired) electrons. The lowest BCUT2D eigenvalue weighted by atomic mass is 9.59. The number of hydrogen-bond donors (Lipinski definition) is 0. The van der Waals surface area contributed by atoms with Crippen LogP contribution in [-0.4, -0.2) is 34.5 Å². The Balaban J connectivity index is 2.22. The Morgan fingerprint density at radius 1 is 1.29 bits per heavy atom. The summed E-state index contributed by atoms with van der Waals surface area (Å²) in [6.07, 6.45) is 4.76. The molecule has 1 aliphatic heterocycles. The Kier molecular flexibility index (Phi) is 3.08. The summed E-state index contributed by atoms with van der Waals surface area (Å²) in [5.41, 5.74) is 0.537. The fraction of sp³-hybridized carbons (Fsp3) is 0.750. The van der Waals surface area contributed by atoms with Gasteiger partial charge in [0.05, 0.1) is 11.2 Å². The first kappa shape index (κ1) is 12.6. The van der Waals surface area contributed by atoms with Gasteiger partial charge < -0.3 is 9.39 Å². The molecule has 17 heavy (non-hydrogen) atoms. The molecule has 1 fully saturated rings. The lowest BCUT2D eigenvalue weighted by molar-refractivity contribution is -0.120. The highest BCUT2D eigenvalue weighted by molar-refractivity contribution is 6.67. The monoisotopic (exact) mass is 236 g/mol. The average molecular weight is 236 g/mol. The minimum atomic E-state index is -0.315. The van der Waals surface area contributed by atoms with Crippen LogP contribution < -0.4 is 5.46 Å². The molecule has 1 saturated heterocycles. The van der Waals surface area contributed by atoms with Crippen molar-refractivity contribution >= 4 is 12.4 Å². The summed E-state index contributed by atoms with van der Waals surface area (Å²) < 4.78 is 14.0. The molecular weight excluding hydrogens is 215 g/mol. The molecule has 0 saturated carbocycles. The third-order valence-corrected chi connectivity index (χ3v) is 3.83. The molecule has 0 spiro atoms. The van der Waals surface area contributed by atoms with Gasteiger partial charge in [-0.3, -0.25) is 4.68 Å². The van der Waals surface area contributed by atoms with Gasteiger partial charge in [0.25, 0.3) is 0 Å². The first-order valence-corrected chi connectivity index (χ1v) is 6.12. The second-order valence-electron chi connectivity index (χ2n) is 5.71. The molecule has 1 aromatic rings. The van der Waals surface area contributed by atoms with E-state index >= 15 is 0 Å². The number of rotatable bonds is 1. The van der Waals surface area contributed by atoms with Crippen LogP contribution >= 0.6 is 0 Å². The van der Waals surface area contributed by atoms with Crippen molar-refractivity contribution in [3.63, 3.8) is 0 Å².